The average molecular weight is 437 g/mol. The molecule has 2 heterocycles. The molecule has 164 valence electrons. The minimum atomic E-state index is -3.54. The zero-order chi connectivity index (χ0) is 21.9. The van der Waals surface area contributed by atoms with Crippen molar-refractivity contribution in [3.05, 3.63) is 41.1 Å². The van der Waals surface area contributed by atoms with Crippen LogP contribution in [0.25, 0.3) is 0 Å². The number of sulfonamides is 1. The van der Waals surface area contributed by atoms with Crippen LogP contribution in [0.5, 0.6) is 0 Å². The van der Waals surface area contributed by atoms with E-state index in [-0.39, 0.29) is 17.5 Å². The minimum absolute atomic E-state index is 0.242. The maximum absolute atomic E-state index is 12.9. The van der Waals surface area contributed by atoms with Crippen molar-refractivity contribution in [1.82, 2.24) is 19.8 Å². The summed E-state index contributed by atoms with van der Waals surface area (Å²) in [6.07, 6.45) is 0. The summed E-state index contributed by atoms with van der Waals surface area (Å²) < 4.78 is 32.3. The van der Waals surface area contributed by atoms with E-state index in [1.165, 1.54) is 4.31 Å². The Kier molecular flexibility index (Phi) is 6.79. The zero-order valence-corrected chi connectivity index (χ0v) is 18.3. The molecule has 0 bridgehead atoms. The summed E-state index contributed by atoms with van der Waals surface area (Å²) in [7, 11) is -3.54. The van der Waals surface area contributed by atoms with E-state index in [0.29, 0.717) is 44.0 Å². The third-order valence-corrected chi connectivity index (χ3v) is 7.15. The molecule has 1 fully saturated rings. The van der Waals surface area contributed by atoms with Crippen molar-refractivity contribution in [3.8, 4) is 0 Å². The summed E-state index contributed by atoms with van der Waals surface area (Å²) in [5.41, 5.74) is 1.90. The Morgan fingerprint density at radius 3 is 2.40 bits per heavy atom. The monoisotopic (exact) mass is 436 g/mol. The molecule has 1 aromatic rings. The number of rotatable bonds is 6. The van der Waals surface area contributed by atoms with Crippen molar-refractivity contribution in [2.75, 3.05) is 39.3 Å². The predicted molar refractivity (Wildman–Crippen MR) is 111 cm³/mol. The Hall–Kier alpha value is -2.43. The molecule has 0 saturated carbocycles. The zero-order valence-electron chi connectivity index (χ0n) is 17.5. The largest absolute Gasteiger partial charge is 0.463 e. The topological polar surface area (TPSA) is 108 Å². The first kappa shape index (κ1) is 22.3. The van der Waals surface area contributed by atoms with Gasteiger partial charge < -0.3 is 15.4 Å². The molecule has 1 aromatic carbocycles. The summed E-state index contributed by atoms with van der Waals surface area (Å²) in [6.45, 7) is 7.60. The number of hydrogen-bond donors (Lipinski definition) is 2. The molecule has 0 spiro atoms. The Balaban J connectivity index is 1.69. The normalized spacial score (nSPS) is 21.2. The van der Waals surface area contributed by atoms with E-state index >= 15 is 0 Å². The van der Waals surface area contributed by atoms with Crippen LogP contribution in [0.1, 0.15) is 19.4 Å². The third kappa shape index (κ3) is 4.82. The summed E-state index contributed by atoms with van der Waals surface area (Å²) in [4.78, 5) is 26.6. The van der Waals surface area contributed by atoms with Gasteiger partial charge in [-0.3, -0.25) is 4.90 Å². The first-order valence-corrected chi connectivity index (χ1v) is 11.4. The summed E-state index contributed by atoms with van der Waals surface area (Å²) in [5, 5.41) is 5.38. The van der Waals surface area contributed by atoms with Crippen molar-refractivity contribution in [3.63, 3.8) is 0 Å². The van der Waals surface area contributed by atoms with Crippen LogP contribution in [-0.4, -0.2) is 75.0 Å². The molecule has 2 amide bonds. The Morgan fingerprint density at radius 2 is 1.80 bits per heavy atom. The molecule has 1 atom stereocenters. The number of piperazine rings is 1. The summed E-state index contributed by atoms with van der Waals surface area (Å²) in [6, 6.07) is 5.99. The number of amides is 2. The van der Waals surface area contributed by atoms with Crippen molar-refractivity contribution in [2.45, 2.75) is 31.7 Å². The molecular weight excluding hydrogens is 408 g/mol. The fourth-order valence-electron chi connectivity index (χ4n) is 3.62. The number of urea groups is 1. The van der Waals surface area contributed by atoms with Crippen LogP contribution in [0.3, 0.4) is 0 Å². The highest BCUT2D eigenvalue weighted by Gasteiger charge is 2.33. The fraction of sp³-hybridized carbons (Fsp3) is 0.500. The van der Waals surface area contributed by atoms with Crippen LogP contribution in [0, 0.1) is 6.92 Å². The molecule has 3 rings (SSSR count). The molecule has 2 aliphatic heterocycles. The van der Waals surface area contributed by atoms with Gasteiger partial charge in [-0.1, -0.05) is 17.7 Å². The molecule has 2 N–H and O–H groups in total. The van der Waals surface area contributed by atoms with Crippen LogP contribution < -0.4 is 10.6 Å². The van der Waals surface area contributed by atoms with E-state index in [1.54, 1.807) is 38.1 Å². The van der Waals surface area contributed by atoms with E-state index in [2.05, 4.69) is 10.6 Å². The highest BCUT2D eigenvalue weighted by atomic mass is 32.2. The lowest BCUT2D eigenvalue weighted by Gasteiger charge is -2.36. The summed E-state index contributed by atoms with van der Waals surface area (Å²) >= 11 is 0. The van der Waals surface area contributed by atoms with Crippen molar-refractivity contribution in [2.24, 2.45) is 0 Å². The Bertz CT molecular complexity index is 934. The number of esters is 1. The van der Waals surface area contributed by atoms with Gasteiger partial charge in [0, 0.05) is 38.4 Å². The quantitative estimate of drug-likeness (QED) is 0.640. The lowest BCUT2D eigenvalue weighted by Crippen LogP contribution is -2.54. The number of carbonyl (C=O) groups excluding carboxylic acids is 2. The maximum atomic E-state index is 12.9. The smallest absolute Gasteiger partial charge is 0.337 e. The second kappa shape index (κ2) is 9.15. The number of ether oxygens (including phenoxy) is 1. The van der Waals surface area contributed by atoms with Gasteiger partial charge in [0.2, 0.25) is 10.0 Å². The maximum Gasteiger partial charge on any atom is 0.337 e. The van der Waals surface area contributed by atoms with Crippen molar-refractivity contribution < 1.29 is 22.7 Å². The van der Waals surface area contributed by atoms with Gasteiger partial charge in [-0.25, -0.2) is 18.0 Å². The lowest BCUT2D eigenvalue weighted by atomic mass is 10.0. The van der Waals surface area contributed by atoms with Gasteiger partial charge in [0.1, 0.15) is 0 Å². The molecule has 0 aromatic heterocycles. The van der Waals surface area contributed by atoms with Crippen LogP contribution in [0.2, 0.25) is 0 Å². The predicted octanol–water partition coefficient (Wildman–Crippen LogP) is 0.820. The number of benzene rings is 1. The van der Waals surface area contributed by atoms with Gasteiger partial charge in [0.15, 0.2) is 0 Å². The van der Waals surface area contributed by atoms with E-state index in [0.717, 1.165) is 5.56 Å². The standard InChI is InChI=1S/C20H28N4O5S/c1-4-29-19(25)18-15(3)21-20(26)22-17(18)13-23-9-11-24(12-10-23)30(27,28)16-7-5-14(2)6-8-16/h5-8,15H,4,9-13H2,1-3H3,(H2,21,22,26). The second-order valence-electron chi connectivity index (χ2n) is 7.43. The molecule has 1 saturated heterocycles. The van der Waals surface area contributed by atoms with Gasteiger partial charge in [-0.2, -0.15) is 4.31 Å². The van der Waals surface area contributed by atoms with Gasteiger partial charge >= 0.3 is 12.0 Å². The second-order valence-corrected chi connectivity index (χ2v) is 9.36. The Morgan fingerprint density at radius 1 is 1.17 bits per heavy atom. The molecule has 30 heavy (non-hydrogen) atoms. The molecule has 0 radical (unpaired) electrons. The Labute approximate surface area is 177 Å². The van der Waals surface area contributed by atoms with Crippen molar-refractivity contribution >= 4 is 22.0 Å². The lowest BCUT2D eigenvalue weighted by molar-refractivity contribution is -0.139. The fourth-order valence-corrected chi connectivity index (χ4v) is 5.04. The molecule has 9 nitrogen and oxygen atoms in total. The number of hydrogen-bond acceptors (Lipinski definition) is 6. The minimum Gasteiger partial charge on any atom is -0.463 e. The molecular formula is C20H28N4O5S. The number of nitrogens with one attached hydrogen (secondary N) is 2. The highest BCUT2D eigenvalue weighted by molar-refractivity contribution is 7.89. The van der Waals surface area contributed by atoms with E-state index in [1.807, 2.05) is 11.8 Å². The molecule has 10 heteroatoms. The SMILES string of the molecule is CCOC(=O)C1=C(CN2CCN(S(=O)(=O)c3ccc(C)cc3)CC2)NC(=O)NC1C. The molecule has 1 unspecified atom stereocenters. The van der Waals surface area contributed by atoms with Crippen LogP contribution >= 0.6 is 0 Å². The first-order chi connectivity index (χ1) is 14.2. The van der Waals surface area contributed by atoms with E-state index in [9.17, 15) is 18.0 Å². The number of carbonyl (C=O) groups is 2. The van der Waals surface area contributed by atoms with E-state index < -0.39 is 22.0 Å². The highest BCUT2D eigenvalue weighted by Crippen LogP contribution is 2.20. The van der Waals surface area contributed by atoms with Gasteiger partial charge in [0.05, 0.1) is 23.1 Å². The van der Waals surface area contributed by atoms with Gasteiger partial charge in [-0.15, -0.1) is 0 Å². The third-order valence-electron chi connectivity index (χ3n) is 5.24. The van der Waals surface area contributed by atoms with Crippen LogP contribution in [-0.2, 0) is 19.6 Å². The summed E-state index contributed by atoms with van der Waals surface area (Å²) in [5.74, 6) is -0.465. The average Bonchev–Trinajstić information content (AvgIpc) is 2.68. The van der Waals surface area contributed by atoms with Gasteiger partial charge in [-0.05, 0) is 32.9 Å². The van der Waals surface area contributed by atoms with Gasteiger partial charge in [0.25, 0.3) is 0 Å². The van der Waals surface area contributed by atoms with Crippen LogP contribution in [0.4, 0.5) is 4.79 Å². The van der Waals surface area contributed by atoms with E-state index in [4.69, 9.17) is 4.74 Å². The molecule has 0 aliphatic carbocycles. The first-order valence-electron chi connectivity index (χ1n) is 9.99. The van der Waals surface area contributed by atoms with Crippen molar-refractivity contribution in [1.29, 1.82) is 0 Å². The van der Waals surface area contributed by atoms with Crippen LogP contribution in [0.15, 0.2) is 40.4 Å². The molecule has 2 aliphatic rings. The number of nitrogens with zero attached hydrogens (tertiary/aromatic N) is 2. The number of aryl methyl sites for hydroxylation is 1.